The van der Waals surface area contributed by atoms with Crippen LogP contribution in [-0.4, -0.2) is 29.8 Å². The zero-order valence-electron chi connectivity index (χ0n) is 12.9. The van der Waals surface area contributed by atoms with E-state index in [2.05, 4.69) is 11.9 Å². The predicted molar refractivity (Wildman–Crippen MR) is 85.5 cm³/mol. The molecule has 0 aliphatic rings. The molecule has 0 aromatic heterocycles. The third-order valence-electron chi connectivity index (χ3n) is 3.27. The lowest BCUT2D eigenvalue weighted by atomic mass is 10.1. The number of nitrogens with zero attached hydrogens (tertiary/aromatic N) is 1. The van der Waals surface area contributed by atoms with E-state index in [1.165, 1.54) is 0 Å². The molecule has 4 nitrogen and oxygen atoms in total. The Balaban J connectivity index is 2.62. The molecular formula is C17H24N2O2. The van der Waals surface area contributed by atoms with Crippen LogP contribution in [-0.2, 0) is 16.1 Å². The first-order chi connectivity index (χ1) is 10.1. The number of carbonyl (C=O) groups is 2. The summed E-state index contributed by atoms with van der Waals surface area (Å²) in [7, 11) is 0. The Bertz CT molecular complexity index is 480. The number of rotatable bonds is 8. The van der Waals surface area contributed by atoms with Crippen LogP contribution >= 0.6 is 0 Å². The van der Waals surface area contributed by atoms with Gasteiger partial charge in [-0.15, -0.1) is 0 Å². The summed E-state index contributed by atoms with van der Waals surface area (Å²) in [4.78, 5) is 25.0. The Kier molecular flexibility index (Phi) is 7.23. The van der Waals surface area contributed by atoms with Crippen LogP contribution in [0.1, 0.15) is 37.8 Å². The van der Waals surface area contributed by atoms with E-state index in [0.717, 1.165) is 11.1 Å². The van der Waals surface area contributed by atoms with Gasteiger partial charge in [0.1, 0.15) is 0 Å². The highest BCUT2D eigenvalue weighted by Crippen LogP contribution is 2.09. The van der Waals surface area contributed by atoms with Gasteiger partial charge in [-0.1, -0.05) is 50.8 Å². The summed E-state index contributed by atoms with van der Waals surface area (Å²) in [6.45, 7) is 8.96. The second-order valence-electron chi connectivity index (χ2n) is 4.82. The van der Waals surface area contributed by atoms with Crippen molar-refractivity contribution in [2.75, 3.05) is 13.1 Å². The summed E-state index contributed by atoms with van der Waals surface area (Å²) >= 11 is 0. The second-order valence-corrected chi connectivity index (χ2v) is 4.82. The van der Waals surface area contributed by atoms with Gasteiger partial charge in [0.05, 0.1) is 0 Å². The van der Waals surface area contributed by atoms with Crippen molar-refractivity contribution in [3.63, 3.8) is 0 Å². The highest BCUT2D eigenvalue weighted by molar-refractivity contribution is 5.76. The van der Waals surface area contributed by atoms with Gasteiger partial charge in [-0.25, -0.2) is 0 Å². The highest BCUT2D eigenvalue weighted by Gasteiger charge is 2.12. The lowest BCUT2D eigenvalue weighted by molar-refractivity contribution is -0.132. The third-order valence-corrected chi connectivity index (χ3v) is 3.27. The van der Waals surface area contributed by atoms with E-state index in [1.807, 2.05) is 38.1 Å². The van der Waals surface area contributed by atoms with Crippen LogP contribution in [0.4, 0.5) is 0 Å². The van der Waals surface area contributed by atoms with Gasteiger partial charge in [-0.2, -0.15) is 0 Å². The first-order valence-corrected chi connectivity index (χ1v) is 7.36. The molecule has 0 fully saturated rings. The number of benzene rings is 1. The van der Waals surface area contributed by atoms with E-state index >= 15 is 0 Å². The Morgan fingerprint density at radius 1 is 1.19 bits per heavy atom. The third kappa shape index (κ3) is 5.81. The molecule has 2 amide bonds. The van der Waals surface area contributed by atoms with E-state index in [-0.39, 0.29) is 11.8 Å². The summed E-state index contributed by atoms with van der Waals surface area (Å²) in [6, 6.07) is 7.96. The maximum atomic E-state index is 12.0. The average molecular weight is 288 g/mol. The number of amides is 2. The van der Waals surface area contributed by atoms with Crippen molar-refractivity contribution in [2.45, 2.75) is 33.2 Å². The van der Waals surface area contributed by atoms with Crippen LogP contribution in [0.25, 0.3) is 6.08 Å². The lowest BCUT2D eigenvalue weighted by Crippen LogP contribution is -2.37. The van der Waals surface area contributed by atoms with Gasteiger partial charge in [-0.3, -0.25) is 9.59 Å². The van der Waals surface area contributed by atoms with Crippen molar-refractivity contribution in [3.8, 4) is 0 Å². The number of hydrogen-bond donors (Lipinski definition) is 1. The molecule has 1 aromatic rings. The van der Waals surface area contributed by atoms with E-state index in [4.69, 9.17) is 0 Å². The van der Waals surface area contributed by atoms with Gasteiger partial charge in [0.2, 0.25) is 11.8 Å². The van der Waals surface area contributed by atoms with Crippen LogP contribution < -0.4 is 5.32 Å². The van der Waals surface area contributed by atoms with Crippen molar-refractivity contribution >= 4 is 17.9 Å². The van der Waals surface area contributed by atoms with Crippen molar-refractivity contribution in [2.24, 2.45) is 0 Å². The van der Waals surface area contributed by atoms with Crippen molar-refractivity contribution in [1.29, 1.82) is 0 Å². The monoisotopic (exact) mass is 288 g/mol. The first-order valence-electron chi connectivity index (χ1n) is 7.36. The topological polar surface area (TPSA) is 49.4 Å². The summed E-state index contributed by atoms with van der Waals surface area (Å²) in [5, 5.41) is 2.80. The van der Waals surface area contributed by atoms with E-state index in [1.54, 1.807) is 11.0 Å². The smallest absolute Gasteiger partial charge is 0.222 e. The van der Waals surface area contributed by atoms with Crippen molar-refractivity contribution in [3.05, 3.63) is 42.0 Å². The molecule has 21 heavy (non-hydrogen) atoms. The molecule has 1 aromatic carbocycles. The molecule has 114 valence electrons. The molecule has 0 atom stereocenters. The zero-order valence-corrected chi connectivity index (χ0v) is 12.9. The van der Waals surface area contributed by atoms with E-state index in [0.29, 0.717) is 32.5 Å². The maximum absolute atomic E-state index is 12.0. The molecule has 0 aliphatic carbocycles. The maximum Gasteiger partial charge on any atom is 0.222 e. The van der Waals surface area contributed by atoms with Gasteiger partial charge < -0.3 is 10.2 Å². The largest absolute Gasteiger partial charge is 0.354 e. The Labute approximate surface area is 126 Å². The molecule has 0 heterocycles. The lowest BCUT2D eigenvalue weighted by Gasteiger charge is -2.22. The van der Waals surface area contributed by atoms with Crippen LogP contribution in [0.15, 0.2) is 30.8 Å². The molecular weight excluding hydrogens is 264 g/mol. The fourth-order valence-corrected chi connectivity index (χ4v) is 1.95. The van der Waals surface area contributed by atoms with Gasteiger partial charge in [0.25, 0.3) is 0 Å². The molecule has 0 saturated carbocycles. The van der Waals surface area contributed by atoms with Gasteiger partial charge in [0, 0.05) is 32.5 Å². The number of hydrogen-bond acceptors (Lipinski definition) is 2. The fourth-order valence-electron chi connectivity index (χ4n) is 1.95. The van der Waals surface area contributed by atoms with Crippen LogP contribution in [0.2, 0.25) is 0 Å². The molecule has 0 spiro atoms. The second kappa shape index (κ2) is 8.95. The van der Waals surface area contributed by atoms with Gasteiger partial charge in [0.15, 0.2) is 0 Å². The minimum atomic E-state index is 0.00855. The summed E-state index contributed by atoms with van der Waals surface area (Å²) < 4.78 is 0. The summed E-state index contributed by atoms with van der Waals surface area (Å²) in [5.74, 6) is 0.0998. The summed E-state index contributed by atoms with van der Waals surface area (Å²) in [6.07, 6.45) is 2.72. The SMILES string of the molecule is C=Cc1ccc(CN(CCNC(=O)CC)C(=O)CC)cc1. The fraction of sp³-hybridized carbons (Fsp3) is 0.412. The number of nitrogens with one attached hydrogen (secondary N) is 1. The Hall–Kier alpha value is -2.10. The highest BCUT2D eigenvalue weighted by atomic mass is 16.2. The molecule has 0 radical (unpaired) electrons. The Morgan fingerprint density at radius 2 is 1.86 bits per heavy atom. The quantitative estimate of drug-likeness (QED) is 0.799. The molecule has 0 aliphatic heterocycles. The molecule has 1 N–H and O–H groups in total. The molecule has 0 bridgehead atoms. The predicted octanol–water partition coefficient (Wildman–Crippen LogP) is 2.59. The first kappa shape index (κ1) is 17.0. The summed E-state index contributed by atoms with van der Waals surface area (Å²) in [5.41, 5.74) is 2.13. The van der Waals surface area contributed by atoms with Crippen molar-refractivity contribution < 1.29 is 9.59 Å². The molecule has 4 heteroatoms. The van der Waals surface area contributed by atoms with Crippen LogP contribution in [0.3, 0.4) is 0 Å². The average Bonchev–Trinajstić information content (AvgIpc) is 2.53. The standard InChI is InChI=1S/C17H24N2O2/c1-4-14-7-9-15(10-8-14)13-19(17(21)6-3)12-11-18-16(20)5-2/h4,7-10H,1,5-6,11-13H2,2-3H3,(H,18,20). The minimum Gasteiger partial charge on any atom is -0.354 e. The van der Waals surface area contributed by atoms with Crippen molar-refractivity contribution in [1.82, 2.24) is 10.2 Å². The molecule has 0 saturated heterocycles. The van der Waals surface area contributed by atoms with E-state index < -0.39 is 0 Å². The van der Waals surface area contributed by atoms with E-state index in [9.17, 15) is 9.59 Å². The normalized spacial score (nSPS) is 10.0. The zero-order chi connectivity index (χ0) is 15.7. The van der Waals surface area contributed by atoms with Crippen LogP contribution in [0, 0.1) is 0 Å². The number of carbonyl (C=O) groups excluding carboxylic acids is 2. The van der Waals surface area contributed by atoms with Crippen LogP contribution in [0.5, 0.6) is 0 Å². The van der Waals surface area contributed by atoms with Gasteiger partial charge >= 0.3 is 0 Å². The minimum absolute atomic E-state index is 0.00855. The van der Waals surface area contributed by atoms with Gasteiger partial charge in [-0.05, 0) is 11.1 Å². The molecule has 0 unspecified atom stereocenters. The molecule has 1 rings (SSSR count). The Morgan fingerprint density at radius 3 is 2.38 bits per heavy atom.